The summed E-state index contributed by atoms with van der Waals surface area (Å²) >= 11 is 3.45. The third kappa shape index (κ3) is 2.10. The van der Waals surface area contributed by atoms with Crippen LogP contribution < -0.4 is 4.90 Å². The second-order valence-corrected chi connectivity index (χ2v) is 5.06. The number of hydrogen-bond acceptors (Lipinski definition) is 2. The molecule has 0 saturated carbocycles. The zero-order valence-electron chi connectivity index (χ0n) is 8.20. The summed E-state index contributed by atoms with van der Waals surface area (Å²) in [7, 11) is 0. The Balaban J connectivity index is 2.17. The Morgan fingerprint density at radius 3 is 2.86 bits per heavy atom. The van der Waals surface area contributed by atoms with E-state index in [-0.39, 0.29) is 0 Å². The van der Waals surface area contributed by atoms with E-state index < -0.39 is 5.60 Å². The molecule has 2 nitrogen and oxygen atoms in total. The summed E-state index contributed by atoms with van der Waals surface area (Å²) in [5.41, 5.74) is 0.652. The fraction of sp³-hybridized carbons (Fsp3) is 0.455. The molecule has 1 aromatic rings. The van der Waals surface area contributed by atoms with Crippen molar-refractivity contribution in [2.45, 2.75) is 18.9 Å². The van der Waals surface area contributed by atoms with E-state index in [2.05, 4.69) is 33.0 Å². The minimum absolute atomic E-state index is 0.525. The van der Waals surface area contributed by atoms with Crippen molar-refractivity contribution in [1.82, 2.24) is 0 Å². The van der Waals surface area contributed by atoms with E-state index in [0.717, 1.165) is 24.0 Å². The molecule has 1 aliphatic heterocycles. The molecule has 1 saturated heterocycles. The van der Waals surface area contributed by atoms with Crippen LogP contribution >= 0.6 is 15.9 Å². The van der Waals surface area contributed by atoms with Gasteiger partial charge in [0.25, 0.3) is 0 Å². The number of nitrogens with zero attached hydrogens (tertiary/aromatic N) is 1. The summed E-state index contributed by atoms with van der Waals surface area (Å²) in [6.07, 6.45) is 0.847. The fourth-order valence-electron chi connectivity index (χ4n) is 1.84. The molecule has 14 heavy (non-hydrogen) atoms. The first-order valence-corrected chi connectivity index (χ1v) is 5.59. The van der Waals surface area contributed by atoms with Gasteiger partial charge in [0, 0.05) is 23.2 Å². The lowest BCUT2D eigenvalue weighted by molar-refractivity contribution is 0.0839. The van der Waals surface area contributed by atoms with E-state index in [9.17, 15) is 5.11 Å². The molecule has 1 aromatic carbocycles. The van der Waals surface area contributed by atoms with Crippen LogP contribution in [-0.2, 0) is 0 Å². The van der Waals surface area contributed by atoms with Crippen LogP contribution in [0.3, 0.4) is 0 Å². The van der Waals surface area contributed by atoms with E-state index in [0.29, 0.717) is 0 Å². The molecule has 1 aliphatic rings. The molecule has 1 N–H and O–H groups in total. The molecule has 3 heteroatoms. The average Bonchev–Trinajstić information content (AvgIpc) is 2.46. The van der Waals surface area contributed by atoms with Crippen molar-refractivity contribution >= 4 is 21.6 Å². The van der Waals surface area contributed by atoms with Gasteiger partial charge in [-0.1, -0.05) is 22.0 Å². The standard InChI is InChI=1S/C11H14BrNO/c1-11(14)5-6-13(8-11)10-4-2-3-9(12)7-10/h2-4,7,14H,5-6,8H2,1H3. The number of β-amino-alcohol motifs (C(OH)–C–C–N with tert-alkyl or cyclic N) is 1. The van der Waals surface area contributed by atoms with Crippen molar-refractivity contribution < 1.29 is 5.11 Å². The zero-order valence-corrected chi connectivity index (χ0v) is 9.79. The number of rotatable bonds is 1. The van der Waals surface area contributed by atoms with Crippen LogP contribution in [0.15, 0.2) is 28.7 Å². The van der Waals surface area contributed by atoms with Gasteiger partial charge in [-0.15, -0.1) is 0 Å². The molecule has 1 fully saturated rings. The SMILES string of the molecule is CC1(O)CCN(c2cccc(Br)c2)C1. The normalized spacial score (nSPS) is 26.9. The highest BCUT2D eigenvalue weighted by Crippen LogP contribution is 2.27. The highest BCUT2D eigenvalue weighted by atomic mass is 79.9. The molecule has 0 aliphatic carbocycles. The minimum atomic E-state index is -0.525. The second-order valence-electron chi connectivity index (χ2n) is 4.15. The molecule has 1 heterocycles. The monoisotopic (exact) mass is 255 g/mol. The maximum Gasteiger partial charge on any atom is 0.0810 e. The van der Waals surface area contributed by atoms with E-state index >= 15 is 0 Å². The van der Waals surface area contributed by atoms with Crippen LogP contribution in [0.2, 0.25) is 0 Å². The molecule has 1 unspecified atom stereocenters. The Morgan fingerprint density at radius 2 is 2.29 bits per heavy atom. The second kappa shape index (κ2) is 3.55. The van der Waals surface area contributed by atoms with Crippen molar-refractivity contribution in [1.29, 1.82) is 0 Å². The Labute approximate surface area is 92.7 Å². The first-order chi connectivity index (χ1) is 6.57. The van der Waals surface area contributed by atoms with Crippen molar-refractivity contribution in [3.8, 4) is 0 Å². The van der Waals surface area contributed by atoms with Crippen LogP contribution in [0, 0.1) is 0 Å². The van der Waals surface area contributed by atoms with E-state index in [4.69, 9.17) is 0 Å². The summed E-state index contributed by atoms with van der Waals surface area (Å²) in [5, 5.41) is 9.84. The van der Waals surface area contributed by atoms with Gasteiger partial charge < -0.3 is 10.0 Å². The highest BCUT2D eigenvalue weighted by molar-refractivity contribution is 9.10. The fourth-order valence-corrected chi connectivity index (χ4v) is 2.23. The quantitative estimate of drug-likeness (QED) is 0.834. The van der Waals surface area contributed by atoms with Gasteiger partial charge in [-0.25, -0.2) is 0 Å². The molecule has 1 atom stereocenters. The molecule has 0 radical (unpaired) electrons. The van der Waals surface area contributed by atoms with Crippen molar-refractivity contribution in [2.75, 3.05) is 18.0 Å². The van der Waals surface area contributed by atoms with Crippen LogP contribution in [0.25, 0.3) is 0 Å². The maximum absolute atomic E-state index is 9.84. The predicted molar refractivity (Wildman–Crippen MR) is 61.6 cm³/mol. The van der Waals surface area contributed by atoms with Crippen LogP contribution in [0.1, 0.15) is 13.3 Å². The number of halogens is 1. The largest absolute Gasteiger partial charge is 0.388 e. The lowest BCUT2D eigenvalue weighted by atomic mass is 10.1. The summed E-state index contributed by atoms with van der Waals surface area (Å²) in [6.45, 7) is 3.55. The predicted octanol–water partition coefficient (Wildman–Crippen LogP) is 2.41. The van der Waals surface area contributed by atoms with Crippen molar-refractivity contribution in [3.05, 3.63) is 28.7 Å². The highest BCUT2D eigenvalue weighted by Gasteiger charge is 2.31. The summed E-state index contributed by atoms with van der Waals surface area (Å²) < 4.78 is 1.08. The lowest BCUT2D eigenvalue weighted by Gasteiger charge is -2.20. The molecule has 76 valence electrons. The Kier molecular flexibility index (Phi) is 2.54. The molecule has 0 spiro atoms. The summed E-state index contributed by atoms with van der Waals surface area (Å²) in [5.74, 6) is 0. The summed E-state index contributed by atoms with van der Waals surface area (Å²) in [4.78, 5) is 2.21. The van der Waals surface area contributed by atoms with Crippen molar-refractivity contribution in [2.24, 2.45) is 0 Å². The number of anilines is 1. The summed E-state index contributed by atoms with van der Waals surface area (Å²) in [6, 6.07) is 8.19. The molecular weight excluding hydrogens is 242 g/mol. The zero-order chi connectivity index (χ0) is 10.2. The minimum Gasteiger partial charge on any atom is -0.388 e. The van der Waals surface area contributed by atoms with E-state index in [1.165, 1.54) is 5.69 Å². The van der Waals surface area contributed by atoms with E-state index in [1.807, 2.05) is 19.1 Å². The van der Waals surface area contributed by atoms with Crippen LogP contribution in [-0.4, -0.2) is 23.8 Å². The van der Waals surface area contributed by atoms with Gasteiger partial charge in [-0.3, -0.25) is 0 Å². The number of aliphatic hydroxyl groups is 1. The molecule has 0 bridgehead atoms. The molecule has 2 rings (SSSR count). The van der Waals surface area contributed by atoms with E-state index in [1.54, 1.807) is 0 Å². The number of benzene rings is 1. The molecular formula is C11H14BrNO. The van der Waals surface area contributed by atoms with Gasteiger partial charge in [0.1, 0.15) is 0 Å². The van der Waals surface area contributed by atoms with Gasteiger partial charge in [0.05, 0.1) is 5.60 Å². The van der Waals surface area contributed by atoms with Crippen molar-refractivity contribution in [3.63, 3.8) is 0 Å². The van der Waals surface area contributed by atoms with Gasteiger partial charge in [0.2, 0.25) is 0 Å². The molecule has 0 aromatic heterocycles. The third-order valence-corrected chi connectivity index (χ3v) is 3.12. The van der Waals surface area contributed by atoms with Gasteiger partial charge in [-0.05, 0) is 31.5 Å². The van der Waals surface area contributed by atoms with Gasteiger partial charge in [-0.2, -0.15) is 0 Å². The van der Waals surface area contributed by atoms with Crippen LogP contribution in [0.4, 0.5) is 5.69 Å². The van der Waals surface area contributed by atoms with Crippen LogP contribution in [0.5, 0.6) is 0 Å². The first kappa shape index (κ1) is 9.99. The maximum atomic E-state index is 9.84. The number of hydrogen-bond donors (Lipinski definition) is 1. The first-order valence-electron chi connectivity index (χ1n) is 4.80. The average molecular weight is 256 g/mol. The Bertz CT molecular complexity index is 338. The Morgan fingerprint density at radius 1 is 1.50 bits per heavy atom. The molecule has 0 amide bonds. The lowest BCUT2D eigenvalue weighted by Crippen LogP contribution is -2.29. The smallest absolute Gasteiger partial charge is 0.0810 e. The Hall–Kier alpha value is -0.540. The topological polar surface area (TPSA) is 23.5 Å². The van der Waals surface area contributed by atoms with Gasteiger partial charge in [0.15, 0.2) is 0 Å². The third-order valence-electron chi connectivity index (χ3n) is 2.63. The van der Waals surface area contributed by atoms with Gasteiger partial charge >= 0.3 is 0 Å².